The molecule has 0 aliphatic rings. The van der Waals surface area contributed by atoms with Crippen LogP contribution in [0.1, 0.15) is 18.9 Å². The van der Waals surface area contributed by atoms with E-state index in [9.17, 15) is 0 Å². The van der Waals surface area contributed by atoms with Crippen LogP contribution in [0.25, 0.3) is 0 Å². The maximum atomic E-state index is 6.29. The standard InChI is InChI=1S/C16H22ClN3O2/c1-3-22-16-9-13(14(17)10-15(16)21-2)11-18-5-4-7-20-8-6-19-12-20/h6,8-10,12,18H,3-5,7,11H2,1-2H3. The Labute approximate surface area is 136 Å². The number of imidazole rings is 1. The van der Waals surface area contributed by atoms with Gasteiger partial charge in [0.05, 0.1) is 20.0 Å². The van der Waals surface area contributed by atoms with Crippen LogP contribution in [0.3, 0.4) is 0 Å². The Bertz CT molecular complexity index is 573. The fraction of sp³-hybridized carbons (Fsp3) is 0.438. The molecule has 0 radical (unpaired) electrons. The number of rotatable bonds is 9. The summed E-state index contributed by atoms with van der Waals surface area (Å²) in [5.74, 6) is 1.39. The largest absolute Gasteiger partial charge is 0.493 e. The summed E-state index contributed by atoms with van der Waals surface area (Å²) in [6.07, 6.45) is 6.62. The molecule has 0 unspecified atom stereocenters. The van der Waals surface area contributed by atoms with Crippen LogP contribution in [0.4, 0.5) is 0 Å². The van der Waals surface area contributed by atoms with E-state index >= 15 is 0 Å². The molecule has 6 heteroatoms. The smallest absolute Gasteiger partial charge is 0.162 e. The molecular weight excluding hydrogens is 302 g/mol. The van der Waals surface area contributed by atoms with Gasteiger partial charge >= 0.3 is 0 Å². The highest BCUT2D eigenvalue weighted by atomic mass is 35.5. The van der Waals surface area contributed by atoms with Gasteiger partial charge in [0.25, 0.3) is 0 Å². The van der Waals surface area contributed by atoms with E-state index < -0.39 is 0 Å². The lowest BCUT2D eigenvalue weighted by Crippen LogP contribution is -2.16. The Hall–Kier alpha value is -1.72. The highest BCUT2D eigenvalue weighted by Gasteiger charge is 2.10. The van der Waals surface area contributed by atoms with Gasteiger partial charge in [-0.2, -0.15) is 0 Å². The lowest BCUT2D eigenvalue weighted by molar-refractivity contribution is 0.310. The minimum Gasteiger partial charge on any atom is -0.493 e. The summed E-state index contributed by atoms with van der Waals surface area (Å²) in [4.78, 5) is 4.02. The third kappa shape index (κ3) is 4.64. The van der Waals surface area contributed by atoms with E-state index in [1.165, 1.54) is 0 Å². The lowest BCUT2D eigenvalue weighted by Gasteiger charge is -2.13. The first-order valence-electron chi connectivity index (χ1n) is 7.40. The second-order valence-corrected chi connectivity index (χ2v) is 5.27. The van der Waals surface area contributed by atoms with Gasteiger partial charge in [-0.15, -0.1) is 0 Å². The average Bonchev–Trinajstić information content (AvgIpc) is 3.03. The third-order valence-electron chi connectivity index (χ3n) is 3.28. The summed E-state index contributed by atoms with van der Waals surface area (Å²) in [6.45, 7) is 5.10. The molecular formula is C16H22ClN3O2. The number of ether oxygens (including phenoxy) is 2. The first-order valence-corrected chi connectivity index (χ1v) is 7.78. The molecule has 0 spiro atoms. The second kappa shape index (κ2) is 8.66. The van der Waals surface area contributed by atoms with Gasteiger partial charge in [0.15, 0.2) is 11.5 Å². The van der Waals surface area contributed by atoms with Crippen molar-refractivity contribution in [1.29, 1.82) is 0 Å². The van der Waals surface area contributed by atoms with Gasteiger partial charge in [0.1, 0.15) is 0 Å². The molecule has 1 heterocycles. The molecule has 1 N–H and O–H groups in total. The van der Waals surface area contributed by atoms with Gasteiger partial charge in [-0.05, 0) is 31.5 Å². The van der Waals surface area contributed by atoms with E-state index in [-0.39, 0.29) is 0 Å². The van der Waals surface area contributed by atoms with Crippen molar-refractivity contribution in [1.82, 2.24) is 14.9 Å². The zero-order valence-electron chi connectivity index (χ0n) is 13.0. The van der Waals surface area contributed by atoms with Crippen molar-refractivity contribution < 1.29 is 9.47 Å². The van der Waals surface area contributed by atoms with E-state index in [1.807, 2.05) is 25.5 Å². The van der Waals surface area contributed by atoms with Crippen LogP contribution in [-0.2, 0) is 13.1 Å². The molecule has 0 saturated carbocycles. The van der Waals surface area contributed by atoms with Crippen LogP contribution in [-0.4, -0.2) is 29.8 Å². The summed E-state index contributed by atoms with van der Waals surface area (Å²) < 4.78 is 12.9. The highest BCUT2D eigenvalue weighted by molar-refractivity contribution is 6.31. The number of halogens is 1. The molecule has 0 atom stereocenters. The van der Waals surface area contributed by atoms with E-state index in [4.69, 9.17) is 21.1 Å². The molecule has 2 aromatic rings. The van der Waals surface area contributed by atoms with Gasteiger partial charge < -0.3 is 19.4 Å². The maximum Gasteiger partial charge on any atom is 0.162 e. The van der Waals surface area contributed by atoms with Crippen LogP contribution in [0.5, 0.6) is 11.5 Å². The van der Waals surface area contributed by atoms with Crippen LogP contribution in [0, 0.1) is 0 Å². The molecule has 5 nitrogen and oxygen atoms in total. The fourth-order valence-corrected chi connectivity index (χ4v) is 2.39. The molecule has 0 saturated heterocycles. The van der Waals surface area contributed by atoms with Crippen LogP contribution < -0.4 is 14.8 Å². The molecule has 22 heavy (non-hydrogen) atoms. The Morgan fingerprint density at radius 2 is 2.18 bits per heavy atom. The molecule has 120 valence electrons. The number of nitrogens with zero attached hydrogens (tertiary/aromatic N) is 2. The highest BCUT2D eigenvalue weighted by Crippen LogP contribution is 2.33. The molecule has 0 fully saturated rings. The minimum absolute atomic E-state index is 0.593. The Balaban J connectivity index is 1.84. The first-order chi connectivity index (χ1) is 10.7. The van der Waals surface area contributed by atoms with E-state index in [0.717, 1.165) is 30.8 Å². The quantitative estimate of drug-likeness (QED) is 0.720. The van der Waals surface area contributed by atoms with Gasteiger partial charge in [-0.25, -0.2) is 4.98 Å². The average molecular weight is 324 g/mol. The lowest BCUT2D eigenvalue weighted by atomic mass is 10.2. The number of nitrogens with one attached hydrogen (secondary N) is 1. The molecule has 0 bridgehead atoms. The molecule has 0 aliphatic carbocycles. The number of hydrogen-bond acceptors (Lipinski definition) is 4. The monoisotopic (exact) mass is 323 g/mol. The predicted octanol–water partition coefficient (Wildman–Crippen LogP) is 3.12. The predicted molar refractivity (Wildman–Crippen MR) is 87.7 cm³/mol. The van der Waals surface area contributed by atoms with Gasteiger partial charge in [0.2, 0.25) is 0 Å². The van der Waals surface area contributed by atoms with Crippen molar-refractivity contribution in [3.63, 3.8) is 0 Å². The topological polar surface area (TPSA) is 48.3 Å². The van der Waals surface area contributed by atoms with Crippen LogP contribution in [0.2, 0.25) is 5.02 Å². The van der Waals surface area contributed by atoms with E-state index in [1.54, 1.807) is 19.4 Å². The molecule has 0 aliphatic heterocycles. The van der Waals surface area contributed by atoms with Gasteiger partial charge in [0, 0.05) is 36.6 Å². The van der Waals surface area contributed by atoms with Crippen LogP contribution in [0.15, 0.2) is 30.9 Å². The van der Waals surface area contributed by atoms with Crippen molar-refractivity contribution in [2.24, 2.45) is 0 Å². The van der Waals surface area contributed by atoms with Crippen molar-refractivity contribution in [2.45, 2.75) is 26.4 Å². The van der Waals surface area contributed by atoms with Crippen LogP contribution >= 0.6 is 11.6 Å². The van der Waals surface area contributed by atoms with Gasteiger partial charge in [-0.1, -0.05) is 11.6 Å². The zero-order valence-corrected chi connectivity index (χ0v) is 13.8. The van der Waals surface area contributed by atoms with E-state index in [0.29, 0.717) is 23.9 Å². The fourth-order valence-electron chi connectivity index (χ4n) is 2.17. The SMILES string of the molecule is CCOc1cc(CNCCCn2ccnc2)c(Cl)cc1OC. The summed E-state index contributed by atoms with van der Waals surface area (Å²) in [6, 6.07) is 3.74. The zero-order chi connectivity index (χ0) is 15.8. The normalized spacial score (nSPS) is 10.7. The molecule has 0 amide bonds. The summed E-state index contributed by atoms with van der Waals surface area (Å²) in [5.41, 5.74) is 1.01. The first kappa shape index (κ1) is 16.6. The summed E-state index contributed by atoms with van der Waals surface area (Å²) in [7, 11) is 1.61. The number of hydrogen-bond donors (Lipinski definition) is 1. The summed E-state index contributed by atoms with van der Waals surface area (Å²) >= 11 is 6.29. The third-order valence-corrected chi connectivity index (χ3v) is 3.63. The molecule has 1 aromatic carbocycles. The molecule has 1 aromatic heterocycles. The Morgan fingerprint density at radius 3 is 2.86 bits per heavy atom. The van der Waals surface area contributed by atoms with Crippen molar-refractivity contribution >= 4 is 11.6 Å². The second-order valence-electron chi connectivity index (χ2n) is 4.86. The van der Waals surface area contributed by atoms with E-state index in [2.05, 4.69) is 14.9 Å². The van der Waals surface area contributed by atoms with Crippen molar-refractivity contribution in [2.75, 3.05) is 20.3 Å². The number of methoxy groups -OCH3 is 1. The number of aromatic nitrogens is 2. The van der Waals surface area contributed by atoms with Gasteiger partial charge in [-0.3, -0.25) is 0 Å². The summed E-state index contributed by atoms with van der Waals surface area (Å²) in [5, 5.41) is 4.08. The Kier molecular flexibility index (Phi) is 6.55. The van der Waals surface area contributed by atoms with Crippen molar-refractivity contribution in [3.8, 4) is 11.5 Å². The Morgan fingerprint density at radius 1 is 1.32 bits per heavy atom. The maximum absolute atomic E-state index is 6.29. The van der Waals surface area contributed by atoms with Crippen molar-refractivity contribution in [3.05, 3.63) is 41.4 Å². The number of benzene rings is 1. The number of aryl methyl sites for hydroxylation is 1. The minimum atomic E-state index is 0.593. The molecule has 2 rings (SSSR count).